The third kappa shape index (κ3) is 3.79. The average molecular weight is 242 g/mol. The van der Waals surface area contributed by atoms with E-state index < -0.39 is 0 Å². The first-order valence-corrected chi connectivity index (χ1v) is 5.53. The summed E-state index contributed by atoms with van der Waals surface area (Å²) >= 11 is 5.89. The molecule has 0 aliphatic rings. The lowest BCUT2D eigenvalue weighted by Gasteiger charge is -2.11. The second-order valence-electron chi connectivity index (χ2n) is 3.88. The first kappa shape index (κ1) is 12.9. The van der Waals surface area contributed by atoms with Crippen molar-refractivity contribution in [2.45, 2.75) is 26.8 Å². The Morgan fingerprint density at radius 1 is 1.56 bits per heavy atom. The highest BCUT2D eigenvalue weighted by molar-refractivity contribution is 6.32. The molecule has 4 nitrogen and oxygen atoms in total. The van der Waals surface area contributed by atoms with Crippen molar-refractivity contribution in [1.29, 1.82) is 0 Å². The number of aromatic nitrogens is 1. The van der Waals surface area contributed by atoms with Gasteiger partial charge in [-0.3, -0.25) is 4.79 Å². The number of carbonyl (C=O) groups excluding carboxylic acids is 1. The molecule has 16 heavy (non-hydrogen) atoms. The van der Waals surface area contributed by atoms with E-state index in [4.69, 9.17) is 11.6 Å². The maximum absolute atomic E-state index is 11.6. The highest BCUT2D eigenvalue weighted by atomic mass is 35.5. The Hall–Kier alpha value is -1.13. The minimum absolute atomic E-state index is 0.119. The summed E-state index contributed by atoms with van der Waals surface area (Å²) in [4.78, 5) is 15.5. The Labute approximate surface area is 100 Å². The molecule has 0 saturated carbocycles. The number of halogens is 1. The molecule has 0 fully saturated rings. The summed E-state index contributed by atoms with van der Waals surface area (Å²) in [6.07, 6.45) is 1.61. The van der Waals surface area contributed by atoms with E-state index in [1.54, 1.807) is 12.3 Å². The van der Waals surface area contributed by atoms with E-state index in [0.29, 0.717) is 10.8 Å². The molecule has 1 rings (SSSR count). The zero-order valence-corrected chi connectivity index (χ0v) is 10.4. The molecule has 0 radical (unpaired) electrons. The molecule has 1 amide bonds. The first-order valence-electron chi connectivity index (χ1n) is 5.15. The van der Waals surface area contributed by atoms with Crippen molar-refractivity contribution in [3.8, 4) is 0 Å². The standard InChI is InChI=1S/C11H16ClN3O/c1-7(2)14-6-9(16)15-10-8(3)4-5-13-11(10)12/h4-5,7,14H,6H2,1-3H3,(H,15,16). The van der Waals surface area contributed by atoms with E-state index in [-0.39, 0.29) is 18.5 Å². The van der Waals surface area contributed by atoms with Gasteiger partial charge in [0, 0.05) is 12.2 Å². The molecule has 2 N–H and O–H groups in total. The van der Waals surface area contributed by atoms with Gasteiger partial charge in [-0.1, -0.05) is 25.4 Å². The second-order valence-corrected chi connectivity index (χ2v) is 4.24. The van der Waals surface area contributed by atoms with Crippen LogP contribution in [0.3, 0.4) is 0 Å². The van der Waals surface area contributed by atoms with Gasteiger partial charge in [0.1, 0.15) is 0 Å². The molecule has 1 aromatic rings. The van der Waals surface area contributed by atoms with Crippen LogP contribution in [-0.4, -0.2) is 23.5 Å². The summed E-state index contributed by atoms with van der Waals surface area (Å²) in [5.74, 6) is -0.119. The summed E-state index contributed by atoms with van der Waals surface area (Å²) in [5.41, 5.74) is 1.48. The van der Waals surface area contributed by atoms with Gasteiger partial charge in [0.2, 0.25) is 5.91 Å². The predicted molar refractivity (Wildman–Crippen MR) is 65.8 cm³/mol. The quantitative estimate of drug-likeness (QED) is 0.793. The van der Waals surface area contributed by atoms with Crippen molar-refractivity contribution in [2.75, 3.05) is 11.9 Å². The summed E-state index contributed by atoms with van der Waals surface area (Å²) in [7, 11) is 0. The fourth-order valence-corrected chi connectivity index (χ4v) is 1.41. The number of rotatable bonds is 4. The third-order valence-electron chi connectivity index (χ3n) is 2.05. The number of hydrogen-bond donors (Lipinski definition) is 2. The fraction of sp³-hybridized carbons (Fsp3) is 0.455. The average Bonchev–Trinajstić information content (AvgIpc) is 2.21. The molecule has 0 aliphatic heterocycles. The number of hydrogen-bond acceptors (Lipinski definition) is 3. The third-order valence-corrected chi connectivity index (χ3v) is 2.33. The van der Waals surface area contributed by atoms with Crippen LogP contribution in [0.15, 0.2) is 12.3 Å². The van der Waals surface area contributed by atoms with E-state index in [2.05, 4.69) is 15.6 Å². The van der Waals surface area contributed by atoms with Crippen LogP contribution in [-0.2, 0) is 4.79 Å². The van der Waals surface area contributed by atoms with Crippen LogP contribution in [0.2, 0.25) is 5.15 Å². The van der Waals surface area contributed by atoms with Gasteiger partial charge in [0.25, 0.3) is 0 Å². The van der Waals surface area contributed by atoms with Gasteiger partial charge in [-0.15, -0.1) is 0 Å². The highest BCUT2D eigenvalue weighted by Gasteiger charge is 2.09. The predicted octanol–water partition coefficient (Wildman–Crippen LogP) is 1.98. The molecule has 0 atom stereocenters. The van der Waals surface area contributed by atoms with Gasteiger partial charge >= 0.3 is 0 Å². The number of pyridine rings is 1. The molecule has 88 valence electrons. The van der Waals surface area contributed by atoms with Gasteiger partial charge in [-0.2, -0.15) is 0 Å². The van der Waals surface area contributed by atoms with Crippen LogP contribution < -0.4 is 10.6 Å². The number of amides is 1. The molecule has 1 heterocycles. The van der Waals surface area contributed by atoms with E-state index in [0.717, 1.165) is 5.56 Å². The summed E-state index contributed by atoms with van der Waals surface area (Å²) < 4.78 is 0. The molecule has 1 aromatic heterocycles. The van der Waals surface area contributed by atoms with Gasteiger partial charge < -0.3 is 10.6 Å². The van der Waals surface area contributed by atoms with Gasteiger partial charge in [-0.05, 0) is 18.6 Å². The van der Waals surface area contributed by atoms with Crippen molar-refractivity contribution in [1.82, 2.24) is 10.3 Å². The molecular weight excluding hydrogens is 226 g/mol. The molecular formula is C11H16ClN3O. The minimum Gasteiger partial charge on any atom is -0.322 e. The van der Waals surface area contributed by atoms with Gasteiger partial charge in [-0.25, -0.2) is 4.98 Å². The zero-order valence-electron chi connectivity index (χ0n) is 9.67. The maximum atomic E-state index is 11.6. The Kier molecular flexibility index (Phi) is 4.71. The number of aryl methyl sites for hydroxylation is 1. The van der Waals surface area contributed by atoms with E-state index in [1.165, 1.54) is 0 Å². The van der Waals surface area contributed by atoms with Crippen LogP contribution >= 0.6 is 11.6 Å². The molecule has 0 unspecified atom stereocenters. The Balaban J connectivity index is 2.63. The molecule has 0 saturated heterocycles. The number of nitrogens with one attached hydrogen (secondary N) is 2. The van der Waals surface area contributed by atoms with Gasteiger partial charge in [0.15, 0.2) is 5.15 Å². The van der Waals surface area contributed by atoms with E-state index in [9.17, 15) is 4.79 Å². The van der Waals surface area contributed by atoms with Crippen LogP contribution in [0, 0.1) is 6.92 Å². The monoisotopic (exact) mass is 241 g/mol. The van der Waals surface area contributed by atoms with Crippen molar-refractivity contribution in [3.63, 3.8) is 0 Å². The Bertz CT molecular complexity index is 359. The Morgan fingerprint density at radius 3 is 2.81 bits per heavy atom. The topological polar surface area (TPSA) is 54.0 Å². The summed E-state index contributed by atoms with van der Waals surface area (Å²) in [5, 5.41) is 6.08. The SMILES string of the molecule is Cc1ccnc(Cl)c1NC(=O)CNC(C)C. The highest BCUT2D eigenvalue weighted by Crippen LogP contribution is 2.22. The van der Waals surface area contributed by atoms with E-state index >= 15 is 0 Å². The molecule has 5 heteroatoms. The van der Waals surface area contributed by atoms with Crippen LogP contribution in [0.4, 0.5) is 5.69 Å². The van der Waals surface area contributed by atoms with E-state index in [1.807, 2.05) is 20.8 Å². The van der Waals surface area contributed by atoms with Crippen LogP contribution in [0.25, 0.3) is 0 Å². The van der Waals surface area contributed by atoms with Crippen molar-refractivity contribution in [3.05, 3.63) is 23.0 Å². The first-order chi connectivity index (χ1) is 7.50. The molecule has 0 bridgehead atoms. The van der Waals surface area contributed by atoms with Crippen molar-refractivity contribution < 1.29 is 4.79 Å². The number of anilines is 1. The largest absolute Gasteiger partial charge is 0.322 e. The van der Waals surface area contributed by atoms with Crippen molar-refractivity contribution >= 4 is 23.2 Å². The van der Waals surface area contributed by atoms with Crippen LogP contribution in [0.1, 0.15) is 19.4 Å². The lowest BCUT2D eigenvalue weighted by Crippen LogP contribution is -2.32. The van der Waals surface area contributed by atoms with Crippen LogP contribution in [0.5, 0.6) is 0 Å². The molecule has 0 aromatic carbocycles. The smallest absolute Gasteiger partial charge is 0.238 e. The number of nitrogens with zero attached hydrogens (tertiary/aromatic N) is 1. The van der Waals surface area contributed by atoms with Crippen molar-refractivity contribution in [2.24, 2.45) is 0 Å². The minimum atomic E-state index is -0.119. The maximum Gasteiger partial charge on any atom is 0.238 e. The molecule has 0 aliphatic carbocycles. The molecule has 0 spiro atoms. The normalized spacial score (nSPS) is 10.6. The summed E-state index contributed by atoms with van der Waals surface area (Å²) in [6.45, 7) is 6.10. The Morgan fingerprint density at radius 2 is 2.25 bits per heavy atom. The zero-order chi connectivity index (χ0) is 12.1. The summed E-state index contributed by atoms with van der Waals surface area (Å²) in [6, 6.07) is 2.08. The lowest BCUT2D eigenvalue weighted by atomic mass is 10.2. The number of carbonyl (C=O) groups is 1. The van der Waals surface area contributed by atoms with Gasteiger partial charge in [0.05, 0.1) is 12.2 Å². The fourth-order valence-electron chi connectivity index (χ4n) is 1.16. The second kappa shape index (κ2) is 5.82. The lowest BCUT2D eigenvalue weighted by molar-refractivity contribution is -0.115.